The van der Waals surface area contributed by atoms with Crippen molar-refractivity contribution in [2.24, 2.45) is 5.73 Å². The highest BCUT2D eigenvalue weighted by atomic mass is 16.5. The first kappa shape index (κ1) is 21.3. The van der Waals surface area contributed by atoms with E-state index in [-0.39, 0.29) is 5.75 Å². The zero-order valence-electron chi connectivity index (χ0n) is 18.5. The van der Waals surface area contributed by atoms with Crippen LogP contribution in [0.2, 0.25) is 0 Å². The summed E-state index contributed by atoms with van der Waals surface area (Å²) in [5.74, 6) is 1.12. The summed E-state index contributed by atoms with van der Waals surface area (Å²) in [6, 6.07) is 23.5. The van der Waals surface area contributed by atoms with Gasteiger partial charge in [-0.05, 0) is 42.3 Å². The van der Waals surface area contributed by atoms with E-state index in [2.05, 4.69) is 15.4 Å². The fourth-order valence-electron chi connectivity index (χ4n) is 4.06. The van der Waals surface area contributed by atoms with Gasteiger partial charge >= 0.3 is 0 Å². The maximum atomic E-state index is 12.5. The maximum Gasteiger partial charge on any atom is 0.248 e. The van der Waals surface area contributed by atoms with E-state index in [1.807, 2.05) is 60.7 Å². The van der Waals surface area contributed by atoms with Crippen molar-refractivity contribution in [3.05, 3.63) is 101 Å². The van der Waals surface area contributed by atoms with Crippen LogP contribution >= 0.6 is 0 Å². The largest absolute Gasteiger partial charge is 0.508 e. The van der Waals surface area contributed by atoms with Crippen molar-refractivity contribution in [2.45, 2.75) is 19.6 Å². The highest BCUT2D eigenvalue weighted by Gasteiger charge is 2.33. The van der Waals surface area contributed by atoms with Crippen LogP contribution in [0.15, 0.2) is 90.1 Å². The molecule has 34 heavy (non-hydrogen) atoms. The molecule has 0 radical (unpaired) electrons. The molecule has 1 unspecified atom stereocenters. The summed E-state index contributed by atoms with van der Waals surface area (Å²) in [7, 11) is 0. The molecule has 0 saturated heterocycles. The zero-order chi connectivity index (χ0) is 23.7. The summed E-state index contributed by atoms with van der Waals surface area (Å²) in [4.78, 5) is 17.1. The Morgan fingerprint density at radius 2 is 1.88 bits per heavy atom. The van der Waals surface area contributed by atoms with Crippen molar-refractivity contribution >= 4 is 11.9 Å². The first-order valence-electron chi connectivity index (χ1n) is 10.8. The fourth-order valence-corrected chi connectivity index (χ4v) is 4.06. The molecule has 0 aliphatic carbocycles. The molecule has 8 nitrogen and oxygen atoms in total. The van der Waals surface area contributed by atoms with E-state index in [0.717, 1.165) is 11.1 Å². The van der Waals surface area contributed by atoms with Gasteiger partial charge in [-0.3, -0.25) is 4.79 Å². The average molecular weight is 454 g/mol. The molecule has 0 bridgehead atoms. The molecular weight excluding hydrogens is 430 g/mol. The third-order valence-electron chi connectivity index (χ3n) is 5.64. The topological polar surface area (TPSA) is 115 Å². The lowest BCUT2D eigenvalue weighted by Gasteiger charge is -2.27. The van der Waals surface area contributed by atoms with Crippen molar-refractivity contribution in [3.63, 3.8) is 0 Å². The number of rotatable bonds is 6. The number of aromatic nitrogens is 3. The number of hydrogen-bond acceptors (Lipinski definition) is 6. The molecule has 1 aliphatic heterocycles. The third-order valence-corrected chi connectivity index (χ3v) is 5.64. The van der Waals surface area contributed by atoms with Crippen LogP contribution in [0.25, 0.3) is 11.4 Å². The Balaban J connectivity index is 1.54. The quantitative estimate of drug-likeness (QED) is 0.406. The van der Waals surface area contributed by atoms with Gasteiger partial charge in [-0.2, -0.15) is 4.98 Å². The molecular formula is C26H23N5O3. The Morgan fingerprint density at radius 3 is 2.65 bits per heavy atom. The number of fused-ring (bicyclic) bond motifs is 1. The fraction of sp³-hybridized carbons (Fsp3) is 0.115. The minimum atomic E-state index is -0.590. The van der Waals surface area contributed by atoms with Gasteiger partial charge in [0.2, 0.25) is 11.9 Å². The van der Waals surface area contributed by atoms with E-state index in [1.165, 1.54) is 0 Å². The van der Waals surface area contributed by atoms with Gasteiger partial charge in [-0.15, -0.1) is 5.10 Å². The van der Waals surface area contributed by atoms with Crippen molar-refractivity contribution in [3.8, 4) is 22.9 Å². The smallest absolute Gasteiger partial charge is 0.248 e. The van der Waals surface area contributed by atoms with Gasteiger partial charge in [0.1, 0.15) is 24.1 Å². The second-order valence-corrected chi connectivity index (χ2v) is 8.03. The summed E-state index contributed by atoms with van der Waals surface area (Å²) in [6.07, 6.45) is 0. The first-order valence-corrected chi connectivity index (χ1v) is 10.8. The van der Waals surface area contributed by atoms with Crippen molar-refractivity contribution in [1.29, 1.82) is 0 Å². The molecule has 1 aromatic heterocycles. The van der Waals surface area contributed by atoms with Gasteiger partial charge in [0, 0.05) is 11.3 Å². The Labute approximate surface area is 196 Å². The SMILES string of the molecule is CC1=C(C(N)=O)C(c2cccc(OCc3ccccc3)c2)n2nc(-c3cccc(O)c3)nc2N1. The van der Waals surface area contributed by atoms with Crippen LogP contribution in [0, 0.1) is 0 Å². The van der Waals surface area contributed by atoms with E-state index in [1.54, 1.807) is 29.8 Å². The molecule has 4 N–H and O–H groups in total. The number of phenolic OH excluding ortho intramolecular Hbond substituents is 1. The molecule has 4 aromatic rings. The number of amides is 1. The van der Waals surface area contributed by atoms with E-state index in [9.17, 15) is 9.90 Å². The van der Waals surface area contributed by atoms with E-state index in [0.29, 0.717) is 41.0 Å². The molecule has 1 atom stereocenters. The van der Waals surface area contributed by atoms with Gasteiger partial charge < -0.3 is 20.9 Å². The standard InChI is InChI=1S/C26H23N5O3/c1-16-22(24(27)33)23(18-9-6-12-21(14-18)34-15-17-7-3-2-4-8-17)31-26(28-16)29-25(30-31)19-10-5-11-20(32)13-19/h2-14,23,32H,15H2,1H3,(H2,27,33)(H,28,29,30). The Hall–Kier alpha value is -4.59. The lowest BCUT2D eigenvalue weighted by Crippen LogP contribution is -2.31. The molecule has 0 saturated carbocycles. The monoisotopic (exact) mass is 453 g/mol. The summed E-state index contributed by atoms with van der Waals surface area (Å²) in [5, 5.41) is 17.7. The zero-order valence-corrected chi connectivity index (χ0v) is 18.5. The van der Waals surface area contributed by atoms with Crippen LogP contribution in [-0.2, 0) is 11.4 Å². The van der Waals surface area contributed by atoms with Gasteiger partial charge in [0.05, 0.1) is 5.57 Å². The van der Waals surface area contributed by atoms with E-state index in [4.69, 9.17) is 10.5 Å². The molecule has 1 amide bonds. The second-order valence-electron chi connectivity index (χ2n) is 8.03. The summed E-state index contributed by atoms with van der Waals surface area (Å²) >= 11 is 0. The summed E-state index contributed by atoms with van der Waals surface area (Å²) < 4.78 is 7.64. The van der Waals surface area contributed by atoms with Crippen molar-refractivity contribution < 1.29 is 14.6 Å². The van der Waals surface area contributed by atoms with E-state index >= 15 is 0 Å². The normalized spacial score (nSPS) is 14.9. The predicted molar refractivity (Wildman–Crippen MR) is 128 cm³/mol. The van der Waals surface area contributed by atoms with Crippen LogP contribution in [0.1, 0.15) is 24.1 Å². The molecule has 170 valence electrons. The molecule has 0 fully saturated rings. The van der Waals surface area contributed by atoms with E-state index < -0.39 is 11.9 Å². The average Bonchev–Trinajstić information content (AvgIpc) is 3.26. The van der Waals surface area contributed by atoms with Gasteiger partial charge in [0.25, 0.3) is 0 Å². The Bertz CT molecular complexity index is 1390. The molecule has 8 heteroatoms. The van der Waals surface area contributed by atoms with Crippen LogP contribution < -0.4 is 15.8 Å². The molecule has 1 aliphatic rings. The van der Waals surface area contributed by atoms with Crippen LogP contribution in [0.4, 0.5) is 5.95 Å². The van der Waals surface area contributed by atoms with Crippen LogP contribution in [0.5, 0.6) is 11.5 Å². The van der Waals surface area contributed by atoms with Crippen LogP contribution in [0.3, 0.4) is 0 Å². The molecule has 3 aromatic carbocycles. The first-order chi connectivity index (χ1) is 16.5. The van der Waals surface area contributed by atoms with Crippen LogP contribution in [-0.4, -0.2) is 25.8 Å². The minimum Gasteiger partial charge on any atom is -0.508 e. The minimum absolute atomic E-state index is 0.116. The number of anilines is 1. The predicted octanol–water partition coefficient (Wildman–Crippen LogP) is 4.00. The molecule has 0 spiro atoms. The Morgan fingerprint density at radius 1 is 1.09 bits per heavy atom. The van der Waals surface area contributed by atoms with Gasteiger partial charge in [-0.1, -0.05) is 54.6 Å². The number of nitrogens with zero attached hydrogens (tertiary/aromatic N) is 3. The highest BCUT2D eigenvalue weighted by Crippen LogP contribution is 2.37. The third kappa shape index (κ3) is 4.09. The molecule has 5 rings (SSSR count). The maximum absolute atomic E-state index is 12.5. The number of nitrogens with two attached hydrogens (primary N) is 1. The number of phenols is 1. The summed E-state index contributed by atoms with van der Waals surface area (Å²) in [5.41, 5.74) is 9.28. The lowest BCUT2D eigenvalue weighted by molar-refractivity contribution is -0.115. The van der Waals surface area contributed by atoms with Crippen molar-refractivity contribution in [2.75, 3.05) is 5.32 Å². The highest BCUT2D eigenvalue weighted by molar-refractivity contribution is 5.95. The number of nitrogens with one attached hydrogen (secondary N) is 1. The number of carbonyl (C=O) groups is 1. The molecule has 2 heterocycles. The van der Waals surface area contributed by atoms with Gasteiger partial charge in [-0.25, -0.2) is 4.68 Å². The van der Waals surface area contributed by atoms with Gasteiger partial charge in [0.15, 0.2) is 5.82 Å². The summed E-state index contributed by atoms with van der Waals surface area (Å²) in [6.45, 7) is 2.21. The number of benzene rings is 3. The number of aromatic hydroxyl groups is 1. The second kappa shape index (κ2) is 8.74. The van der Waals surface area contributed by atoms with Crippen molar-refractivity contribution in [1.82, 2.24) is 14.8 Å². The Kier molecular flexibility index (Phi) is 5.47. The number of carbonyl (C=O) groups excluding carboxylic acids is 1. The number of hydrogen-bond donors (Lipinski definition) is 3. The number of allylic oxidation sites excluding steroid dienone is 1. The lowest BCUT2D eigenvalue weighted by atomic mass is 9.95. The number of primary amides is 1. The number of ether oxygens (including phenoxy) is 1.